The second kappa shape index (κ2) is 6.93. The Morgan fingerprint density at radius 3 is 2.80 bits per heavy atom. The lowest BCUT2D eigenvalue weighted by Crippen LogP contribution is -2.23. The standard InChI is InChI=1S/C15H23N5/c1-3-12(14(16)17-2)13-9-10-18-15(20-13)19-11-7-5-4-6-8-11/h3,9-11,17H,1,4-8,16H2,2H3,(H,18,19,20)/b14-12+. The Balaban J connectivity index is 2.16. The smallest absolute Gasteiger partial charge is 0.223 e. The van der Waals surface area contributed by atoms with Gasteiger partial charge in [-0.2, -0.15) is 0 Å². The zero-order valence-electron chi connectivity index (χ0n) is 12.0. The summed E-state index contributed by atoms with van der Waals surface area (Å²) in [5.74, 6) is 1.22. The van der Waals surface area contributed by atoms with Gasteiger partial charge in [0, 0.05) is 24.9 Å². The molecule has 0 bridgehead atoms. The van der Waals surface area contributed by atoms with Crippen molar-refractivity contribution in [1.82, 2.24) is 15.3 Å². The maximum absolute atomic E-state index is 5.91. The lowest BCUT2D eigenvalue weighted by molar-refractivity contribution is 0.461. The minimum absolute atomic E-state index is 0.483. The number of nitrogens with one attached hydrogen (secondary N) is 2. The predicted octanol–water partition coefficient (Wildman–Crippen LogP) is 2.25. The second-order valence-electron chi connectivity index (χ2n) is 5.03. The van der Waals surface area contributed by atoms with Gasteiger partial charge in [-0.25, -0.2) is 9.97 Å². The highest BCUT2D eigenvalue weighted by molar-refractivity contribution is 5.73. The first-order valence-corrected chi connectivity index (χ1v) is 7.14. The van der Waals surface area contributed by atoms with Crippen LogP contribution in [0.4, 0.5) is 5.95 Å². The molecule has 1 aromatic rings. The monoisotopic (exact) mass is 273 g/mol. The summed E-state index contributed by atoms with van der Waals surface area (Å²) in [5.41, 5.74) is 7.48. The molecule has 1 heterocycles. The number of nitrogens with two attached hydrogens (primary N) is 1. The van der Waals surface area contributed by atoms with Crippen LogP contribution in [0.1, 0.15) is 37.8 Å². The van der Waals surface area contributed by atoms with Gasteiger partial charge in [0.2, 0.25) is 5.95 Å². The van der Waals surface area contributed by atoms with Gasteiger partial charge < -0.3 is 16.4 Å². The van der Waals surface area contributed by atoms with Gasteiger partial charge in [0.1, 0.15) is 5.82 Å². The quantitative estimate of drug-likeness (QED) is 0.717. The molecule has 1 aliphatic carbocycles. The predicted molar refractivity (Wildman–Crippen MR) is 82.9 cm³/mol. The molecule has 5 heteroatoms. The third-order valence-electron chi connectivity index (χ3n) is 3.63. The summed E-state index contributed by atoms with van der Waals surface area (Å²) in [6.07, 6.45) is 9.73. The molecule has 108 valence electrons. The van der Waals surface area contributed by atoms with Crippen molar-refractivity contribution >= 4 is 11.5 Å². The van der Waals surface area contributed by atoms with E-state index in [0.717, 1.165) is 11.3 Å². The van der Waals surface area contributed by atoms with E-state index in [2.05, 4.69) is 27.2 Å². The summed E-state index contributed by atoms with van der Waals surface area (Å²) < 4.78 is 0. The van der Waals surface area contributed by atoms with E-state index in [-0.39, 0.29) is 0 Å². The molecular formula is C15H23N5. The van der Waals surface area contributed by atoms with Crippen molar-refractivity contribution in [2.75, 3.05) is 12.4 Å². The van der Waals surface area contributed by atoms with Gasteiger partial charge in [0.15, 0.2) is 0 Å². The fourth-order valence-electron chi connectivity index (χ4n) is 2.49. The highest BCUT2D eigenvalue weighted by atomic mass is 15.1. The van der Waals surface area contributed by atoms with Crippen LogP contribution in [0.25, 0.3) is 5.57 Å². The number of aromatic nitrogens is 2. The molecule has 0 amide bonds. The molecule has 0 atom stereocenters. The second-order valence-corrected chi connectivity index (χ2v) is 5.03. The molecule has 0 radical (unpaired) electrons. The maximum atomic E-state index is 5.91. The minimum Gasteiger partial charge on any atom is -0.385 e. The summed E-state index contributed by atoms with van der Waals surface area (Å²) in [7, 11) is 1.78. The summed E-state index contributed by atoms with van der Waals surface area (Å²) >= 11 is 0. The molecule has 1 fully saturated rings. The highest BCUT2D eigenvalue weighted by Gasteiger charge is 2.14. The average molecular weight is 273 g/mol. The third kappa shape index (κ3) is 3.50. The Labute approximate surface area is 120 Å². The molecule has 0 unspecified atom stereocenters. The molecule has 1 aliphatic rings. The average Bonchev–Trinajstić information content (AvgIpc) is 2.49. The molecule has 5 nitrogen and oxygen atoms in total. The van der Waals surface area contributed by atoms with Crippen LogP contribution in [0.3, 0.4) is 0 Å². The van der Waals surface area contributed by atoms with Crippen LogP contribution >= 0.6 is 0 Å². The van der Waals surface area contributed by atoms with E-state index in [1.54, 1.807) is 19.3 Å². The molecule has 2 rings (SSSR count). The van der Waals surface area contributed by atoms with E-state index in [4.69, 9.17) is 5.73 Å². The van der Waals surface area contributed by atoms with Crippen LogP contribution in [0, 0.1) is 0 Å². The van der Waals surface area contributed by atoms with Crippen molar-refractivity contribution in [1.29, 1.82) is 0 Å². The lowest BCUT2D eigenvalue weighted by atomic mass is 9.96. The Morgan fingerprint density at radius 2 is 2.15 bits per heavy atom. The molecule has 0 saturated heterocycles. The molecule has 0 aromatic carbocycles. The van der Waals surface area contributed by atoms with Gasteiger partial charge >= 0.3 is 0 Å². The maximum Gasteiger partial charge on any atom is 0.223 e. The first-order chi connectivity index (χ1) is 9.74. The Kier molecular flexibility index (Phi) is 4.98. The Morgan fingerprint density at radius 1 is 1.40 bits per heavy atom. The molecule has 1 saturated carbocycles. The van der Waals surface area contributed by atoms with E-state index in [1.807, 2.05) is 6.07 Å². The largest absolute Gasteiger partial charge is 0.385 e. The van der Waals surface area contributed by atoms with Crippen LogP contribution in [0.15, 0.2) is 30.7 Å². The van der Waals surface area contributed by atoms with Crippen LogP contribution in [-0.4, -0.2) is 23.1 Å². The Hall–Kier alpha value is -2.04. The first kappa shape index (κ1) is 14.4. The van der Waals surface area contributed by atoms with E-state index < -0.39 is 0 Å². The summed E-state index contributed by atoms with van der Waals surface area (Å²) in [5, 5.41) is 6.34. The van der Waals surface area contributed by atoms with E-state index in [0.29, 0.717) is 17.8 Å². The van der Waals surface area contributed by atoms with Gasteiger partial charge in [-0.1, -0.05) is 31.9 Å². The van der Waals surface area contributed by atoms with Gasteiger partial charge in [-0.15, -0.1) is 0 Å². The van der Waals surface area contributed by atoms with Crippen molar-refractivity contribution in [3.05, 3.63) is 36.4 Å². The molecule has 0 spiro atoms. The van der Waals surface area contributed by atoms with Crippen LogP contribution in [-0.2, 0) is 0 Å². The van der Waals surface area contributed by atoms with Gasteiger partial charge in [-0.3, -0.25) is 0 Å². The first-order valence-electron chi connectivity index (χ1n) is 7.14. The zero-order valence-corrected chi connectivity index (χ0v) is 12.0. The summed E-state index contributed by atoms with van der Waals surface area (Å²) in [6, 6.07) is 2.32. The molecule has 0 aliphatic heterocycles. The number of anilines is 1. The van der Waals surface area contributed by atoms with Crippen LogP contribution < -0.4 is 16.4 Å². The topological polar surface area (TPSA) is 75.9 Å². The number of hydrogen-bond acceptors (Lipinski definition) is 5. The fourth-order valence-corrected chi connectivity index (χ4v) is 2.49. The van der Waals surface area contributed by atoms with Crippen LogP contribution in [0.5, 0.6) is 0 Å². The third-order valence-corrected chi connectivity index (χ3v) is 3.63. The van der Waals surface area contributed by atoms with E-state index in [1.165, 1.54) is 32.1 Å². The van der Waals surface area contributed by atoms with Gasteiger partial charge in [0.25, 0.3) is 0 Å². The van der Waals surface area contributed by atoms with E-state index in [9.17, 15) is 0 Å². The molecule has 1 aromatic heterocycles. The highest BCUT2D eigenvalue weighted by Crippen LogP contribution is 2.21. The van der Waals surface area contributed by atoms with Crippen molar-refractivity contribution in [2.45, 2.75) is 38.1 Å². The van der Waals surface area contributed by atoms with Gasteiger partial charge in [-0.05, 0) is 18.9 Å². The van der Waals surface area contributed by atoms with Crippen molar-refractivity contribution in [3.8, 4) is 0 Å². The fraction of sp³-hybridized carbons (Fsp3) is 0.467. The van der Waals surface area contributed by atoms with Crippen molar-refractivity contribution in [2.24, 2.45) is 5.73 Å². The normalized spacial score (nSPS) is 17.2. The number of rotatable bonds is 5. The molecule has 4 N–H and O–H groups in total. The zero-order chi connectivity index (χ0) is 14.4. The number of allylic oxidation sites excluding steroid dienone is 2. The van der Waals surface area contributed by atoms with Crippen molar-refractivity contribution in [3.63, 3.8) is 0 Å². The summed E-state index contributed by atoms with van der Waals surface area (Å²) in [4.78, 5) is 8.83. The number of hydrogen-bond donors (Lipinski definition) is 3. The Bertz CT molecular complexity index is 489. The van der Waals surface area contributed by atoms with E-state index >= 15 is 0 Å². The molecule has 20 heavy (non-hydrogen) atoms. The SMILES string of the molecule is C=C/C(=C(/N)NC)c1ccnc(NC2CCCCC2)n1. The van der Waals surface area contributed by atoms with Crippen LogP contribution in [0.2, 0.25) is 0 Å². The van der Waals surface area contributed by atoms with Gasteiger partial charge in [0.05, 0.1) is 5.69 Å². The number of nitrogens with zero attached hydrogens (tertiary/aromatic N) is 2. The summed E-state index contributed by atoms with van der Waals surface area (Å²) in [6.45, 7) is 3.79. The lowest BCUT2D eigenvalue weighted by Gasteiger charge is -2.22. The molecular weight excluding hydrogens is 250 g/mol. The minimum atomic E-state index is 0.483. The van der Waals surface area contributed by atoms with Crippen molar-refractivity contribution < 1.29 is 0 Å².